The molecule has 1 heterocycles. The fourth-order valence-electron chi connectivity index (χ4n) is 2.90. The predicted molar refractivity (Wildman–Crippen MR) is 127 cm³/mol. The summed E-state index contributed by atoms with van der Waals surface area (Å²) in [6, 6.07) is 5.74. The number of fused-ring (bicyclic) bond motifs is 1. The van der Waals surface area contributed by atoms with E-state index in [4.69, 9.17) is 9.47 Å². The molecule has 2 rings (SSSR count). The van der Waals surface area contributed by atoms with E-state index in [2.05, 4.69) is 21.8 Å². The minimum Gasteiger partial charge on any atom is -0.459 e. The summed E-state index contributed by atoms with van der Waals surface area (Å²) in [6.45, 7) is 17.9. The van der Waals surface area contributed by atoms with Crippen LogP contribution in [0.4, 0.5) is 0 Å². The van der Waals surface area contributed by atoms with Crippen molar-refractivity contribution < 1.29 is 19.1 Å². The number of ether oxygens (including phenoxy) is 2. The Morgan fingerprint density at radius 1 is 1.09 bits per heavy atom. The highest BCUT2D eigenvalue weighted by Gasteiger charge is 2.20. The molecule has 2 aromatic rings. The summed E-state index contributed by atoms with van der Waals surface area (Å²) in [7, 11) is 0. The monoisotopic (exact) mass is 440 g/mol. The van der Waals surface area contributed by atoms with Gasteiger partial charge in [0.25, 0.3) is 0 Å². The third-order valence-electron chi connectivity index (χ3n) is 4.14. The highest BCUT2D eigenvalue weighted by molar-refractivity contribution is 6.05. The van der Waals surface area contributed by atoms with Gasteiger partial charge in [0.2, 0.25) is 0 Å². The smallest absolute Gasteiger partial charge is 0.328 e. The molecular formula is C24H32N4O4. The lowest BCUT2D eigenvalue weighted by Crippen LogP contribution is -2.26. The molecule has 0 aliphatic carbocycles. The number of aliphatic imine (C=N–C) groups is 2. The average Bonchev–Trinajstić information content (AvgIpc) is 3.00. The van der Waals surface area contributed by atoms with Crippen LogP contribution >= 0.6 is 0 Å². The number of rotatable bonds is 5. The number of allylic oxidation sites excluding steroid dienone is 1. The summed E-state index contributed by atoms with van der Waals surface area (Å²) < 4.78 is 12.5. The van der Waals surface area contributed by atoms with Crippen molar-refractivity contribution >= 4 is 41.0 Å². The van der Waals surface area contributed by atoms with Crippen LogP contribution in [0.15, 0.2) is 34.4 Å². The van der Waals surface area contributed by atoms with Gasteiger partial charge in [-0.1, -0.05) is 6.07 Å². The fourth-order valence-corrected chi connectivity index (χ4v) is 2.90. The highest BCUT2D eigenvalue weighted by Crippen LogP contribution is 2.25. The van der Waals surface area contributed by atoms with E-state index in [1.165, 1.54) is 11.6 Å². The van der Waals surface area contributed by atoms with Gasteiger partial charge in [-0.05, 0) is 78.5 Å². The SMILES string of the molecule is C=N/C(=N\C=C(/C)c1ccc2c(c1)c(C(C)=O)nn2CC(=O)OC(C)(C)C)OC(C)(C)C. The van der Waals surface area contributed by atoms with Crippen LogP contribution in [0, 0.1) is 0 Å². The van der Waals surface area contributed by atoms with E-state index >= 15 is 0 Å². The molecule has 1 aromatic heterocycles. The van der Waals surface area contributed by atoms with E-state index in [0.717, 1.165) is 11.1 Å². The lowest BCUT2D eigenvalue weighted by molar-refractivity contribution is -0.155. The molecule has 0 saturated carbocycles. The summed E-state index contributed by atoms with van der Waals surface area (Å²) in [5, 5.41) is 5.02. The lowest BCUT2D eigenvalue weighted by atomic mass is 10.0. The van der Waals surface area contributed by atoms with Gasteiger partial charge in [-0.2, -0.15) is 5.10 Å². The van der Waals surface area contributed by atoms with Crippen molar-refractivity contribution in [1.29, 1.82) is 0 Å². The third kappa shape index (κ3) is 6.87. The van der Waals surface area contributed by atoms with Crippen molar-refractivity contribution in [3.05, 3.63) is 35.7 Å². The number of Topliss-reactive ketones (excluding diaryl/α,β-unsaturated/α-hetero) is 1. The molecule has 0 radical (unpaired) electrons. The van der Waals surface area contributed by atoms with Crippen LogP contribution in [0.25, 0.3) is 16.5 Å². The number of carbonyl (C=O) groups is 2. The number of benzene rings is 1. The quantitative estimate of drug-likeness (QED) is 0.288. The molecule has 1 aromatic carbocycles. The number of hydrogen-bond acceptors (Lipinski definition) is 6. The first-order chi connectivity index (χ1) is 14.7. The van der Waals surface area contributed by atoms with Crippen LogP contribution in [0.1, 0.15) is 71.4 Å². The second-order valence-corrected chi connectivity index (χ2v) is 9.48. The van der Waals surface area contributed by atoms with Crippen LogP contribution in [-0.4, -0.2) is 45.5 Å². The van der Waals surface area contributed by atoms with Crippen molar-refractivity contribution in [2.24, 2.45) is 9.98 Å². The van der Waals surface area contributed by atoms with Crippen molar-refractivity contribution in [2.45, 2.75) is 73.1 Å². The molecule has 0 amide bonds. The van der Waals surface area contributed by atoms with Gasteiger partial charge in [0.15, 0.2) is 5.78 Å². The average molecular weight is 441 g/mol. The van der Waals surface area contributed by atoms with Gasteiger partial charge in [0.1, 0.15) is 23.4 Å². The van der Waals surface area contributed by atoms with Crippen molar-refractivity contribution in [1.82, 2.24) is 9.78 Å². The molecule has 0 bridgehead atoms. The first-order valence-corrected chi connectivity index (χ1v) is 10.3. The fraction of sp³-hybridized carbons (Fsp3) is 0.458. The molecule has 0 aliphatic heterocycles. The van der Waals surface area contributed by atoms with Crippen LogP contribution < -0.4 is 0 Å². The minimum atomic E-state index is -0.602. The largest absolute Gasteiger partial charge is 0.459 e. The van der Waals surface area contributed by atoms with E-state index in [0.29, 0.717) is 16.6 Å². The minimum absolute atomic E-state index is 0.0853. The van der Waals surface area contributed by atoms with Crippen LogP contribution in [-0.2, 0) is 20.8 Å². The topological polar surface area (TPSA) is 95.1 Å². The molecular weight excluding hydrogens is 408 g/mol. The third-order valence-corrected chi connectivity index (χ3v) is 4.14. The normalized spacial score (nSPS) is 13.2. The summed E-state index contributed by atoms with van der Waals surface area (Å²) in [5.74, 6) is -0.610. The number of amidine groups is 1. The Kier molecular flexibility index (Phi) is 7.38. The van der Waals surface area contributed by atoms with Gasteiger partial charge in [-0.3, -0.25) is 14.3 Å². The Bertz CT molecular complexity index is 1100. The van der Waals surface area contributed by atoms with E-state index in [1.54, 1.807) is 27.0 Å². The van der Waals surface area contributed by atoms with E-state index < -0.39 is 17.2 Å². The van der Waals surface area contributed by atoms with Gasteiger partial charge in [-0.15, -0.1) is 0 Å². The number of nitrogens with zero attached hydrogens (tertiary/aromatic N) is 4. The summed E-state index contributed by atoms with van der Waals surface area (Å²) in [6.07, 6.45) is 1.63. The molecule has 0 aliphatic rings. The summed E-state index contributed by atoms with van der Waals surface area (Å²) in [4.78, 5) is 32.6. The van der Waals surface area contributed by atoms with E-state index in [-0.39, 0.29) is 18.3 Å². The van der Waals surface area contributed by atoms with Crippen LogP contribution in [0.5, 0.6) is 0 Å². The van der Waals surface area contributed by atoms with Gasteiger partial charge < -0.3 is 9.47 Å². The molecule has 0 saturated heterocycles. The van der Waals surface area contributed by atoms with Gasteiger partial charge >= 0.3 is 12.0 Å². The molecule has 0 atom stereocenters. The highest BCUT2D eigenvalue weighted by atomic mass is 16.6. The molecule has 172 valence electrons. The first-order valence-electron chi connectivity index (χ1n) is 10.3. The standard InChI is InChI=1S/C24H32N4O4/c1-15(13-26-22(25-9)32-24(6,7)8)17-10-11-19-18(12-17)21(16(2)29)27-28(19)14-20(30)31-23(3,4)5/h10-13H,9,14H2,1-8H3/b15-13+,26-22+. The van der Waals surface area contributed by atoms with E-state index in [1.807, 2.05) is 45.9 Å². The van der Waals surface area contributed by atoms with Gasteiger partial charge in [0.05, 0.1) is 5.52 Å². The number of aromatic nitrogens is 2. The maximum absolute atomic E-state index is 12.3. The summed E-state index contributed by atoms with van der Waals surface area (Å²) >= 11 is 0. The molecule has 0 spiro atoms. The Morgan fingerprint density at radius 3 is 2.25 bits per heavy atom. The zero-order chi connectivity index (χ0) is 24.3. The number of carbonyl (C=O) groups excluding carboxylic acids is 2. The van der Waals surface area contributed by atoms with Crippen molar-refractivity contribution in [3.8, 4) is 0 Å². The molecule has 0 N–H and O–H groups in total. The van der Waals surface area contributed by atoms with E-state index in [9.17, 15) is 9.59 Å². The van der Waals surface area contributed by atoms with Gasteiger partial charge in [0, 0.05) is 18.5 Å². The maximum Gasteiger partial charge on any atom is 0.328 e. The first kappa shape index (κ1) is 25.0. The second kappa shape index (κ2) is 9.46. The molecule has 32 heavy (non-hydrogen) atoms. The van der Waals surface area contributed by atoms with Crippen LogP contribution in [0.3, 0.4) is 0 Å². The molecule has 0 fully saturated rings. The number of ketones is 1. The Morgan fingerprint density at radius 2 is 1.72 bits per heavy atom. The number of hydrogen-bond donors (Lipinski definition) is 0. The predicted octanol–water partition coefficient (Wildman–Crippen LogP) is 4.81. The Balaban J connectivity index is 2.43. The van der Waals surface area contributed by atoms with Gasteiger partial charge in [-0.25, -0.2) is 9.98 Å². The van der Waals surface area contributed by atoms with Crippen molar-refractivity contribution in [3.63, 3.8) is 0 Å². The maximum atomic E-state index is 12.3. The van der Waals surface area contributed by atoms with Crippen LogP contribution in [0.2, 0.25) is 0 Å². The summed E-state index contributed by atoms with van der Waals surface area (Å²) in [5.41, 5.74) is 1.60. The molecule has 8 heteroatoms. The molecule has 8 nitrogen and oxygen atoms in total. The molecule has 0 unspecified atom stereocenters. The zero-order valence-electron chi connectivity index (χ0n) is 20.1. The second-order valence-electron chi connectivity index (χ2n) is 9.48. The number of esters is 1. The lowest BCUT2D eigenvalue weighted by Gasteiger charge is -2.19. The Hall–Kier alpha value is -3.29. The Labute approximate surface area is 189 Å². The van der Waals surface area contributed by atoms with Crippen molar-refractivity contribution in [2.75, 3.05) is 0 Å². The zero-order valence-corrected chi connectivity index (χ0v) is 20.1.